The summed E-state index contributed by atoms with van der Waals surface area (Å²) in [6.45, 7) is 15.6. The van der Waals surface area contributed by atoms with Gasteiger partial charge < -0.3 is 25.0 Å². The number of hydrogen-bond acceptors (Lipinski definition) is 4. The zero-order chi connectivity index (χ0) is 20.5. The van der Waals surface area contributed by atoms with Crippen molar-refractivity contribution >= 4 is 12.1 Å². The van der Waals surface area contributed by atoms with Gasteiger partial charge in [-0.1, -0.05) is 0 Å². The third-order valence-electron chi connectivity index (χ3n) is 4.53. The molecule has 27 heavy (non-hydrogen) atoms. The Kier molecular flexibility index (Phi) is 9.36. The Hall–Kier alpha value is -1.50. The highest BCUT2D eigenvalue weighted by atomic mass is 16.6. The van der Waals surface area contributed by atoms with E-state index in [0.717, 1.165) is 51.4 Å². The van der Waals surface area contributed by atoms with Crippen molar-refractivity contribution in [3.63, 3.8) is 0 Å². The Morgan fingerprint density at radius 2 is 1.93 bits per heavy atom. The lowest BCUT2D eigenvalue weighted by Crippen LogP contribution is -2.44. The first kappa shape index (κ1) is 23.5. The largest absolute Gasteiger partial charge is 0.444 e. The van der Waals surface area contributed by atoms with E-state index in [-0.39, 0.29) is 11.7 Å². The highest BCUT2D eigenvalue weighted by molar-refractivity contribution is 5.79. The molecule has 0 aromatic rings. The molecule has 0 radical (unpaired) electrons. The van der Waals surface area contributed by atoms with Crippen LogP contribution in [0.1, 0.15) is 60.8 Å². The number of rotatable bonds is 7. The molecule has 0 saturated carbocycles. The molecule has 7 heteroatoms. The second-order valence-corrected chi connectivity index (χ2v) is 8.81. The number of amides is 1. The third kappa shape index (κ3) is 9.84. The molecule has 1 aliphatic rings. The van der Waals surface area contributed by atoms with E-state index in [0.29, 0.717) is 12.5 Å². The van der Waals surface area contributed by atoms with Gasteiger partial charge in [0.15, 0.2) is 5.96 Å². The first-order valence-corrected chi connectivity index (χ1v) is 10.1. The maximum absolute atomic E-state index is 12.3. The number of guanidine groups is 1. The Labute approximate surface area is 165 Å². The molecule has 1 rings (SSSR count). The lowest BCUT2D eigenvalue weighted by Gasteiger charge is -2.34. The van der Waals surface area contributed by atoms with Crippen LogP contribution in [0.3, 0.4) is 0 Å². The molecule has 0 aliphatic carbocycles. The molecule has 1 aliphatic heterocycles. The van der Waals surface area contributed by atoms with E-state index in [4.69, 9.17) is 9.47 Å². The summed E-state index contributed by atoms with van der Waals surface area (Å²) < 4.78 is 10.9. The fourth-order valence-electron chi connectivity index (χ4n) is 2.86. The molecule has 0 aromatic carbocycles. The van der Waals surface area contributed by atoms with Crippen LogP contribution in [0.5, 0.6) is 0 Å². The zero-order valence-corrected chi connectivity index (χ0v) is 18.4. The molecule has 1 amide bonds. The number of hydrogen-bond donors (Lipinski definition) is 2. The number of nitrogens with one attached hydrogen (secondary N) is 2. The van der Waals surface area contributed by atoms with Crippen molar-refractivity contribution in [2.24, 2.45) is 10.9 Å². The first-order chi connectivity index (χ1) is 12.6. The van der Waals surface area contributed by atoms with Crippen molar-refractivity contribution in [2.75, 3.05) is 39.8 Å². The van der Waals surface area contributed by atoms with Crippen LogP contribution in [0.25, 0.3) is 0 Å². The highest BCUT2D eigenvalue weighted by Gasteiger charge is 2.27. The summed E-state index contributed by atoms with van der Waals surface area (Å²) in [6.07, 6.45) is 2.97. The molecule has 2 N–H and O–H groups in total. The number of nitrogens with zero attached hydrogens (tertiary/aromatic N) is 2. The van der Waals surface area contributed by atoms with Crippen LogP contribution >= 0.6 is 0 Å². The molecule has 0 bridgehead atoms. The zero-order valence-electron chi connectivity index (χ0n) is 18.4. The van der Waals surface area contributed by atoms with Gasteiger partial charge in [0.1, 0.15) is 5.60 Å². The van der Waals surface area contributed by atoms with E-state index in [1.165, 1.54) is 0 Å². The fraction of sp³-hybridized carbons (Fsp3) is 0.900. The quantitative estimate of drug-likeness (QED) is 0.521. The molecule has 1 unspecified atom stereocenters. The van der Waals surface area contributed by atoms with Crippen LogP contribution in [0.15, 0.2) is 4.99 Å². The summed E-state index contributed by atoms with van der Waals surface area (Å²) in [5, 5.41) is 6.66. The van der Waals surface area contributed by atoms with Gasteiger partial charge in [-0.2, -0.15) is 0 Å². The summed E-state index contributed by atoms with van der Waals surface area (Å²) in [6, 6.07) is 0. The number of carbonyl (C=O) groups is 1. The van der Waals surface area contributed by atoms with Crippen LogP contribution in [0, 0.1) is 5.92 Å². The molecule has 1 saturated heterocycles. The number of carbonyl (C=O) groups excluding carboxylic acids is 1. The monoisotopic (exact) mass is 384 g/mol. The van der Waals surface area contributed by atoms with Gasteiger partial charge in [-0.05, 0) is 66.7 Å². The van der Waals surface area contributed by atoms with Crippen molar-refractivity contribution in [1.29, 1.82) is 0 Å². The second kappa shape index (κ2) is 10.7. The van der Waals surface area contributed by atoms with Gasteiger partial charge in [0.05, 0.1) is 12.1 Å². The minimum atomic E-state index is -0.446. The minimum Gasteiger partial charge on any atom is -0.444 e. The van der Waals surface area contributed by atoms with E-state index < -0.39 is 5.60 Å². The molecule has 0 spiro atoms. The van der Waals surface area contributed by atoms with Crippen molar-refractivity contribution in [3.05, 3.63) is 0 Å². The van der Waals surface area contributed by atoms with E-state index in [1.54, 1.807) is 7.11 Å². The summed E-state index contributed by atoms with van der Waals surface area (Å²) in [5.41, 5.74) is -0.724. The highest BCUT2D eigenvalue weighted by Crippen LogP contribution is 2.21. The van der Waals surface area contributed by atoms with Gasteiger partial charge in [0.2, 0.25) is 0 Å². The van der Waals surface area contributed by atoms with Gasteiger partial charge in [0.25, 0.3) is 0 Å². The Balaban J connectivity index is 2.46. The van der Waals surface area contributed by atoms with Gasteiger partial charge in [-0.3, -0.25) is 4.99 Å². The van der Waals surface area contributed by atoms with Crippen molar-refractivity contribution in [1.82, 2.24) is 15.5 Å². The predicted molar refractivity (Wildman–Crippen MR) is 110 cm³/mol. The Morgan fingerprint density at radius 3 is 2.52 bits per heavy atom. The molecule has 7 nitrogen and oxygen atoms in total. The summed E-state index contributed by atoms with van der Waals surface area (Å²) in [5.74, 6) is 1.29. The molecule has 0 aromatic heterocycles. The van der Waals surface area contributed by atoms with E-state index in [1.807, 2.05) is 39.5 Å². The average Bonchev–Trinajstić information content (AvgIpc) is 2.58. The minimum absolute atomic E-state index is 0.197. The summed E-state index contributed by atoms with van der Waals surface area (Å²) in [4.78, 5) is 18.7. The molecule has 1 atom stereocenters. The maximum Gasteiger partial charge on any atom is 0.410 e. The van der Waals surface area contributed by atoms with Crippen LogP contribution in [-0.4, -0.2) is 68.0 Å². The lowest BCUT2D eigenvalue weighted by molar-refractivity contribution is 0.0162. The van der Waals surface area contributed by atoms with E-state index in [2.05, 4.69) is 22.5 Å². The summed E-state index contributed by atoms with van der Waals surface area (Å²) >= 11 is 0. The van der Waals surface area contributed by atoms with Crippen LogP contribution in [-0.2, 0) is 9.47 Å². The van der Waals surface area contributed by atoms with Gasteiger partial charge >= 0.3 is 6.09 Å². The van der Waals surface area contributed by atoms with Crippen LogP contribution < -0.4 is 10.6 Å². The fourth-order valence-corrected chi connectivity index (χ4v) is 2.86. The van der Waals surface area contributed by atoms with Crippen molar-refractivity contribution in [3.8, 4) is 0 Å². The van der Waals surface area contributed by atoms with Gasteiger partial charge in [0, 0.05) is 33.3 Å². The number of piperidine rings is 1. The average molecular weight is 385 g/mol. The van der Waals surface area contributed by atoms with Gasteiger partial charge in [-0.25, -0.2) is 4.79 Å². The van der Waals surface area contributed by atoms with Gasteiger partial charge in [-0.15, -0.1) is 0 Å². The SMILES string of the molecule is CCNC(=NCC(C)(C)OC)NCCC1CCCN(C(=O)OC(C)(C)C)C1. The van der Waals surface area contributed by atoms with Crippen LogP contribution in [0.2, 0.25) is 0 Å². The normalized spacial score (nSPS) is 19.0. The topological polar surface area (TPSA) is 75.2 Å². The maximum atomic E-state index is 12.3. The number of ether oxygens (including phenoxy) is 2. The third-order valence-corrected chi connectivity index (χ3v) is 4.53. The standard InChI is InChI=1S/C20H40N4O3/c1-8-21-17(23-15-20(5,6)26-7)22-12-11-16-10-9-13-24(14-16)18(25)27-19(2,3)4/h16H,8-15H2,1-7H3,(H2,21,22,23). The number of likely N-dealkylation sites (tertiary alicyclic amines) is 1. The molecule has 158 valence electrons. The second-order valence-electron chi connectivity index (χ2n) is 8.81. The molecule has 1 fully saturated rings. The number of methoxy groups -OCH3 is 1. The smallest absolute Gasteiger partial charge is 0.410 e. The molecule has 1 heterocycles. The van der Waals surface area contributed by atoms with Crippen molar-refractivity contribution < 1.29 is 14.3 Å². The van der Waals surface area contributed by atoms with Crippen LogP contribution in [0.4, 0.5) is 4.79 Å². The molecular formula is C20H40N4O3. The molecular weight excluding hydrogens is 344 g/mol. The summed E-state index contributed by atoms with van der Waals surface area (Å²) in [7, 11) is 1.70. The number of aliphatic imine (C=N–C) groups is 1. The van der Waals surface area contributed by atoms with Crippen molar-refractivity contribution in [2.45, 2.75) is 72.0 Å². The van der Waals surface area contributed by atoms with E-state index in [9.17, 15) is 4.79 Å². The first-order valence-electron chi connectivity index (χ1n) is 10.1. The Morgan fingerprint density at radius 1 is 1.22 bits per heavy atom. The predicted octanol–water partition coefficient (Wildman–Crippen LogP) is 3.00. The Bertz CT molecular complexity index is 486. The lowest BCUT2D eigenvalue weighted by atomic mass is 9.95. The van der Waals surface area contributed by atoms with E-state index >= 15 is 0 Å².